The summed E-state index contributed by atoms with van der Waals surface area (Å²) in [6.45, 7) is 0. The van der Waals surface area contributed by atoms with Crippen molar-refractivity contribution >= 4 is 23.3 Å². The van der Waals surface area contributed by atoms with E-state index in [1.807, 2.05) is 0 Å². The molecular formula is C21H24ClNO3. The summed E-state index contributed by atoms with van der Waals surface area (Å²) in [4.78, 5) is 25.5. The molecule has 0 radical (unpaired) electrons. The number of Topliss-reactive ketones (excluding diaryl/α,β-unsaturated/α-hetero) is 1. The number of benzene rings is 1. The fourth-order valence-corrected chi connectivity index (χ4v) is 5.86. The summed E-state index contributed by atoms with van der Waals surface area (Å²) < 4.78 is 6.37. The molecule has 0 aromatic heterocycles. The van der Waals surface area contributed by atoms with Crippen molar-refractivity contribution in [2.75, 3.05) is 0 Å². The van der Waals surface area contributed by atoms with Gasteiger partial charge in [-0.05, 0) is 49.8 Å². The van der Waals surface area contributed by atoms with Crippen LogP contribution in [0.3, 0.4) is 0 Å². The van der Waals surface area contributed by atoms with Crippen LogP contribution in [0.4, 0.5) is 0 Å². The Balaban J connectivity index is 1.33. The van der Waals surface area contributed by atoms with Crippen LogP contribution in [0.25, 0.3) is 0 Å². The molecule has 3 saturated carbocycles. The Kier molecular flexibility index (Phi) is 3.82. The van der Waals surface area contributed by atoms with Crippen molar-refractivity contribution in [1.82, 2.24) is 5.32 Å². The highest BCUT2D eigenvalue weighted by Gasteiger charge is 2.70. The second kappa shape index (κ2) is 5.98. The first kappa shape index (κ1) is 16.6. The first-order chi connectivity index (χ1) is 12.6. The molecule has 0 bridgehead atoms. The molecule has 4 aliphatic rings. The minimum absolute atomic E-state index is 0.0207. The molecular weight excluding hydrogens is 350 g/mol. The molecule has 26 heavy (non-hydrogen) atoms. The van der Waals surface area contributed by atoms with Crippen LogP contribution in [-0.2, 0) is 4.79 Å². The van der Waals surface area contributed by atoms with E-state index < -0.39 is 5.60 Å². The van der Waals surface area contributed by atoms with Gasteiger partial charge in [0, 0.05) is 22.9 Å². The molecule has 1 aromatic rings. The monoisotopic (exact) mass is 373 g/mol. The van der Waals surface area contributed by atoms with Crippen LogP contribution in [0.15, 0.2) is 18.2 Å². The molecule has 4 nitrogen and oxygen atoms in total. The Morgan fingerprint density at radius 3 is 2.81 bits per heavy atom. The first-order valence-electron chi connectivity index (χ1n) is 9.89. The zero-order valence-corrected chi connectivity index (χ0v) is 15.6. The summed E-state index contributed by atoms with van der Waals surface area (Å²) in [5.74, 6) is 1.48. The number of halogens is 1. The number of hydrogen-bond acceptors (Lipinski definition) is 3. The van der Waals surface area contributed by atoms with Gasteiger partial charge in [0.1, 0.15) is 11.4 Å². The van der Waals surface area contributed by atoms with E-state index in [9.17, 15) is 9.59 Å². The van der Waals surface area contributed by atoms with Crippen LogP contribution in [0, 0.1) is 17.8 Å². The van der Waals surface area contributed by atoms with Crippen molar-refractivity contribution in [3.63, 3.8) is 0 Å². The molecule has 138 valence electrons. The van der Waals surface area contributed by atoms with E-state index >= 15 is 0 Å². The van der Waals surface area contributed by atoms with Gasteiger partial charge in [0.05, 0.1) is 12.0 Å². The van der Waals surface area contributed by atoms with Crippen LogP contribution in [0.1, 0.15) is 61.7 Å². The lowest BCUT2D eigenvalue weighted by Crippen LogP contribution is -2.45. The predicted octanol–water partition coefficient (Wildman–Crippen LogP) is 4.15. The Morgan fingerprint density at radius 1 is 1.19 bits per heavy atom. The summed E-state index contributed by atoms with van der Waals surface area (Å²) in [7, 11) is 0. The normalized spacial score (nSPS) is 35.6. The fourth-order valence-electron chi connectivity index (χ4n) is 5.69. The minimum atomic E-state index is -0.489. The van der Waals surface area contributed by atoms with Gasteiger partial charge in [-0.25, -0.2) is 0 Å². The zero-order valence-electron chi connectivity index (χ0n) is 14.8. The van der Waals surface area contributed by atoms with Crippen LogP contribution in [-0.4, -0.2) is 23.3 Å². The molecule has 3 aliphatic carbocycles. The quantitative estimate of drug-likeness (QED) is 0.847. The summed E-state index contributed by atoms with van der Waals surface area (Å²) in [5, 5.41) is 3.83. The number of ether oxygens (including phenoxy) is 1. The number of carbonyl (C=O) groups is 2. The number of carbonyl (C=O) groups excluding carboxylic acids is 2. The van der Waals surface area contributed by atoms with Crippen molar-refractivity contribution in [3.05, 3.63) is 28.8 Å². The van der Waals surface area contributed by atoms with Crippen molar-refractivity contribution < 1.29 is 14.3 Å². The number of hydrogen-bond donors (Lipinski definition) is 1. The van der Waals surface area contributed by atoms with Gasteiger partial charge in [-0.1, -0.05) is 30.9 Å². The lowest BCUT2D eigenvalue weighted by atomic mass is 9.84. The van der Waals surface area contributed by atoms with Gasteiger partial charge in [-0.3, -0.25) is 9.59 Å². The number of nitrogens with one attached hydrogen (secondary N) is 1. The van der Waals surface area contributed by atoms with E-state index in [-0.39, 0.29) is 23.5 Å². The average Bonchev–Trinajstić information content (AvgIpc) is 3.28. The molecule has 1 spiro atoms. The van der Waals surface area contributed by atoms with E-state index in [1.54, 1.807) is 18.2 Å². The second-order valence-corrected chi connectivity index (χ2v) is 8.94. The largest absolute Gasteiger partial charge is 0.486 e. The maximum atomic E-state index is 12.8. The maximum Gasteiger partial charge on any atom is 0.224 e. The molecule has 1 N–H and O–H groups in total. The summed E-state index contributed by atoms with van der Waals surface area (Å²) in [6.07, 6.45) is 8.11. The number of ketones is 1. The van der Waals surface area contributed by atoms with Gasteiger partial charge in [-0.2, -0.15) is 0 Å². The third kappa shape index (κ3) is 2.57. The van der Waals surface area contributed by atoms with E-state index in [0.29, 0.717) is 34.7 Å². The average molecular weight is 374 g/mol. The third-order valence-electron chi connectivity index (χ3n) is 6.95. The highest BCUT2D eigenvalue weighted by atomic mass is 35.5. The van der Waals surface area contributed by atoms with Crippen LogP contribution in [0.2, 0.25) is 5.02 Å². The molecule has 1 aromatic carbocycles. The lowest BCUT2D eigenvalue weighted by molar-refractivity contribution is -0.125. The van der Waals surface area contributed by atoms with Crippen molar-refractivity contribution in [3.8, 4) is 5.75 Å². The zero-order chi connectivity index (χ0) is 17.9. The van der Waals surface area contributed by atoms with E-state index in [2.05, 4.69) is 5.32 Å². The third-order valence-corrected chi connectivity index (χ3v) is 7.18. The van der Waals surface area contributed by atoms with Crippen molar-refractivity contribution in [1.29, 1.82) is 0 Å². The summed E-state index contributed by atoms with van der Waals surface area (Å²) in [6, 6.07) is 5.59. The first-order valence-corrected chi connectivity index (χ1v) is 10.3. The van der Waals surface area contributed by atoms with Gasteiger partial charge in [-0.15, -0.1) is 0 Å². The standard InChI is InChI=1S/C21H24ClNO3/c22-12-6-7-17-15(10-12)16(24)11-21(26-17)9-8-14-18(19(14)21)20(25)23-13-4-2-1-3-5-13/h6-7,10,13-14,18-19H,1-5,8-9,11H2,(H,23,25). The highest BCUT2D eigenvalue weighted by molar-refractivity contribution is 6.31. The number of amides is 1. The SMILES string of the molecule is O=C1CC2(CCC3C(C(=O)NC4CCCCC4)C32)Oc2ccc(Cl)cc21. The Bertz CT molecular complexity index is 773. The molecule has 3 fully saturated rings. The van der Waals surface area contributed by atoms with E-state index in [1.165, 1.54) is 19.3 Å². The Morgan fingerprint density at radius 2 is 2.00 bits per heavy atom. The Labute approximate surface area is 158 Å². The molecule has 4 atom stereocenters. The van der Waals surface area contributed by atoms with E-state index in [0.717, 1.165) is 25.7 Å². The molecule has 4 unspecified atom stereocenters. The predicted molar refractivity (Wildman–Crippen MR) is 98.5 cm³/mol. The van der Waals surface area contributed by atoms with Gasteiger partial charge in [0.15, 0.2) is 5.78 Å². The molecule has 0 saturated heterocycles. The second-order valence-electron chi connectivity index (χ2n) is 8.50. The fraction of sp³-hybridized carbons (Fsp3) is 0.619. The molecule has 1 aliphatic heterocycles. The van der Waals surface area contributed by atoms with Crippen LogP contribution >= 0.6 is 11.6 Å². The Hall–Kier alpha value is -1.55. The van der Waals surface area contributed by atoms with Crippen LogP contribution in [0.5, 0.6) is 5.75 Å². The minimum Gasteiger partial charge on any atom is -0.486 e. The molecule has 5 rings (SSSR count). The van der Waals surface area contributed by atoms with E-state index in [4.69, 9.17) is 16.3 Å². The highest BCUT2D eigenvalue weighted by Crippen LogP contribution is 2.65. The smallest absolute Gasteiger partial charge is 0.224 e. The molecule has 5 heteroatoms. The number of fused-ring (bicyclic) bond motifs is 3. The topological polar surface area (TPSA) is 55.4 Å². The van der Waals surface area contributed by atoms with Gasteiger partial charge in [0.2, 0.25) is 5.91 Å². The maximum absolute atomic E-state index is 12.8. The lowest BCUT2D eigenvalue weighted by Gasteiger charge is -2.37. The van der Waals surface area contributed by atoms with Crippen molar-refractivity contribution in [2.45, 2.75) is 63.0 Å². The van der Waals surface area contributed by atoms with Gasteiger partial charge in [0.25, 0.3) is 0 Å². The van der Waals surface area contributed by atoms with Gasteiger partial charge < -0.3 is 10.1 Å². The summed E-state index contributed by atoms with van der Waals surface area (Å²) in [5.41, 5.74) is 0.0902. The summed E-state index contributed by atoms with van der Waals surface area (Å²) >= 11 is 6.03. The molecule has 1 heterocycles. The molecule has 1 amide bonds. The van der Waals surface area contributed by atoms with Gasteiger partial charge >= 0.3 is 0 Å². The van der Waals surface area contributed by atoms with Crippen molar-refractivity contribution in [2.24, 2.45) is 17.8 Å². The van der Waals surface area contributed by atoms with Crippen LogP contribution < -0.4 is 10.1 Å². The number of rotatable bonds is 2.